The molecule has 7 amide bonds. The number of amides is 7. The lowest BCUT2D eigenvalue weighted by Gasteiger charge is -2.36. The topological polar surface area (TPSA) is 355 Å². The van der Waals surface area contributed by atoms with Crippen LogP contribution in [0.4, 0.5) is 9.59 Å². The molecule has 12 aliphatic rings. The molecule has 10 atom stereocenters. The van der Waals surface area contributed by atoms with Crippen LogP contribution in [0.15, 0.2) is 97.1 Å². The van der Waals surface area contributed by atoms with Gasteiger partial charge in [-0.25, -0.2) is 31.2 Å². The first-order chi connectivity index (χ1) is 53.1. The van der Waals surface area contributed by atoms with Crippen molar-refractivity contribution in [3.63, 3.8) is 0 Å². The number of aryl methyl sites for hydroxylation is 2. The molecule has 6 heterocycles. The predicted molar refractivity (Wildman–Crippen MR) is 427 cm³/mol. The van der Waals surface area contributed by atoms with Gasteiger partial charge in [0, 0.05) is 27.1 Å². The maximum absolute atomic E-state index is 14.9. The number of carbonyl (C=O) groups excluding carboxylic acids is 7. The summed E-state index contributed by atoms with van der Waals surface area (Å²) in [5.74, 6) is -3.08. The van der Waals surface area contributed by atoms with Gasteiger partial charge >= 0.3 is 18.2 Å². The number of ether oxygens (including phenoxy) is 4. The standard InChI is InChI=1S/C43H58N4O8S.C33H44N2O6.C10H16N2O3S/c1-40(2,3)35-37(49)47-25-42(54-6,24-34(47)36(48)45-43(23-33(43)29-14-15-29)38(50)46-56(52,53)31-20-21-31)30-18-16-28(17-19-30)32-13-8-7-11-27(32)12-9-10-22-41(4,5)26-55-39(51)44-35;1-31(2,3)27-28(36)35-20-33(40-6,19-26(35)29(37)38)24-16-14-23(15-17-24)25-13-8-7-11-22(25)12-9-10-18-32(4,5)21-41-30(39)34-27;11-10(5-8(10)6-1-2-6)9(13)12-16(14,15)7-3-4-7/h7-8,11,13,16-19,29,31,33-35H,9-10,12,14-15,20-26H2,1-6H3,(H,44,51)(H,45,48)(H,46,50);7-8,11,13-17,26-27H,9-10,12,18-21H2,1-6H3,(H,34,39)(H,37,38);6-8H,1-5,11H2,(H,12,13)/t33-,34-,35+,42-,43+;26-,27+,33-;8-,10+/m000/s1. The Bertz CT molecular complexity index is 4490. The van der Waals surface area contributed by atoms with Crippen LogP contribution in [0.5, 0.6) is 0 Å². The number of sulfonamides is 2. The Hall–Kier alpha value is -7.98. The van der Waals surface area contributed by atoms with E-state index in [2.05, 4.69) is 102 Å². The second-order valence-electron chi connectivity index (χ2n) is 37.5. The molecule has 6 aliphatic carbocycles. The minimum absolute atomic E-state index is 0.00595. The van der Waals surface area contributed by atoms with E-state index in [0.29, 0.717) is 44.4 Å². The van der Waals surface area contributed by atoms with Gasteiger partial charge in [-0.15, -0.1) is 0 Å². The van der Waals surface area contributed by atoms with Gasteiger partial charge in [-0.2, -0.15) is 0 Å². The normalized spacial score (nSPS) is 29.5. The number of carboxylic acid groups (broad SMARTS) is 1. The van der Waals surface area contributed by atoms with Crippen molar-refractivity contribution in [2.45, 2.75) is 255 Å². The minimum atomic E-state index is -3.86. The monoisotopic (exact) mass is 1600 g/mol. The maximum Gasteiger partial charge on any atom is 0.407 e. The highest BCUT2D eigenvalue weighted by Gasteiger charge is 2.68. The first-order valence-corrected chi connectivity index (χ1v) is 43.6. The van der Waals surface area contributed by atoms with Gasteiger partial charge in [0.1, 0.15) is 40.9 Å². The third kappa shape index (κ3) is 19.3. The molecule has 8 N–H and O–H groups in total. The fourth-order valence-electron chi connectivity index (χ4n) is 17.2. The number of nitrogens with zero attached hydrogens (tertiary/aromatic N) is 2. The fourth-order valence-corrected chi connectivity index (χ4v) is 19.9. The lowest BCUT2D eigenvalue weighted by molar-refractivity contribution is -0.150. The Morgan fingerprint density at radius 1 is 0.531 bits per heavy atom. The molecule has 25 nitrogen and oxygen atoms in total. The predicted octanol–water partition coefficient (Wildman–Crippen LogP) is 11.1. The summed E-state index contributed by atoms with van der Waals surface area (Å²) in [6.07, 6.45) is 13.5. The number of nitrogens with two attached hydrogens (primary N) is 1. The maximum atomic E-state index is 14.9. The molecular formula is C86H118N8O17S2. The van der Waals surface area contributed by atoms with Crippen LogP contribution in [0.2, 0.25) is 0 Å². The number of aliphatic carboxylic acids is 1. The second-order valence-corrected chi connectivity index (χ2v) is 41.4. The van der Waals surface area contributed by atoms with Crippen LogP contribution in [-0.4, -0.2) is 166 Å². The lowest BCUT2D eigenvalue weighted by atomic mass is 9.85. The summed E-state index contributed by atoms with van der Waals surface area (Å²) in [6, 6.07) is 28.6. The Balaban J connectivity index is 0.000000180. The van der Waals surface area contributed by atoms with Crippen LogP contribution in [0.1, 0.15) is 207 Å². The molecule has 0 unspecified atom stereocenters. The van der Waals surface area contributed by atoms with Crippen molar-refractivity contribution in [2.75, 3.05) is 40.5 Å². The minimum Gasteiger partial charge on any atom is -0.480 e. The van der Waals surface area contributed by atoms with E-state index in [1.165, 1.54) is 26.5 Å². The SMILES string of the molecule is CO[C@@]12C[C@@H](C(=O)N[C@]3(C(=O)NS(=O)(=O)C4CC4)C[C@H]3C3CC3)N(C1)C(=O)[C@H](C(C)(C)C)NC(=O)OCC(C)(C)CCCCc1ccccc1-c1ccc2cc1.CO[C@@]12C[C@@H](C(=O)O)N(C1)C(=O)[C@H](C(C)(C)C)NC(=O)OCC(C)(C)CCCCc1ccccc1-c1ccc2cc1.N[C@]1(C(=O)NS(=O)(=O)C2CC2)C[C@H]1C1CC1. The van der Waals surface area contributed by atoms with E-state index in [1.54, 1.807) is 14.2 Å². The zero-order valence-electron chi connectivity index (χ0n) is 67.7. The van der Waals surface area contributed by atoms with Gasteiger partial charge in [-0.05, 0) is 193 Å². The number of fused-ring (bicyclic) bond motifs is 24. The zero-order valence-corrected chi connectivity index (χ0v) is 69.4. The average molecular weight is 1600 g/mol. The number of methoxy groups -OCH3 is 2. The molecule has 8 bridgehead atoms. The molecule has 27 heteroatoms. The van der Waals surface area contributed by atoms with Crippen LogP contribution in [0.25, 0.3) is 22.3 Å². The van der Waals surface area contributed by atoms with Crippen molar-refractivity contribution in [1.82, 2.24) is 35.2 Å². The molecule has 616 valence electrons. The Morgan fingerprint density at radius 2 is 0.929 bits per heavy atom. The van der Waals surface area contributed by atoms with Gasteiger partial charge < -0.3 is 55.5 Å². The summed E-state index contributed by atoms with van der Waals surface area (Å²) in [7, 11) is -4.19. The molecule has 16 rings (SSSR count). The Kier molecular flexibility index (Phi) is 24.1. The number of alkyl carbamates (subject to hydrolysis) is 2. The third-order valence-corrected chi connectivity index (χ3v) is 28.8. The largest absolute Gasteiger partial charge is 0.480 e. The van der Waals surface area contributed by atoms with Gasteiger partial charge in [0.2, 0.25) is 37.8 Å². The quantitative estimate of drug-likeness (QED) is 0.0654. The van der Waals surface area contributed by atoms with E-state index in [4.69, 9.17) is 24.7 Å². The number of carbonyl (C=O) groups is 8. The van der Waals surface area contributed by atoms with E-state index in [1.807, 2.05) is 90.1 Å². The number of benzene rings is 4. The fraction of sp³-hybridized carbons (Fsp3) is 0.628. The highest BCUT2D eigenvalue weighted by Crippen LogP contribution is 2.58. The van der Waals surface area contributed by atoms with Crippen molar-refractivity contribution < 1.29 is 79.2 Å². The van der Waals surface area contributed by atoms with Crippen LogP contribution >= 0.6 is 0 Å². The van der Waals surface area contributed by atoms with E-state index < -0.39 is 130 Å². The molecule has 4 aromatic rings. The van der Waals surface area contributed by atoms with Gasteiger partial charge in [-0.3, -0.25) is 33.4 Å². The molecule has 6 aliphatic heterocycles. The van der Waals surface area contributed by atoms with Crippen LogP contribution in [0.3, 0.4) is 0 Å². The first-order valence-electron chi connectivity index (χ1n) is 40.5. The number of hydrogen-bond donors (Lipinski definition) is 7. The molecule has 0 radical (unpaired) electrons. The van der Waals surface area contributed by atoms with E-state index in [0.717, 1.165) is 105 Å². The van der Waals surface area contributed by atoms with Crippen LogP contribution in [0, 0.1) is 45.3 Å². The van der Waals surface area contributed by atoms with Crippen molar-refractivity contribution in [3.05, 3.63) is 119 Å². The highest BCUT2D eigenvalue weighted by molar-refractivity contribution is 7.91. The summed E-state index contributed by atoms with van der Waals surface area (Å²) in [5.41, 5.74) is 7.98. The smallest absolute Gasteiger partial charge is 0.407 e. The molecule has 0 spiro atoms. The first kappa shape index (κ1) is 84.4. The average Bonchev–Trinajstić information content (AvgIpc) is 1.53. The van der Waals surface area contributed by atoms with Gasteiger partial charge in [-0.1, -0.05) is 179 Å². The number of carboxylic acids is 1. The second kappa shape index (κ2) is 32.2. The molecule has 6 saturated carbocycles. The summed E-state index contributed by atoms with van der Waals surface area (Å²) in [4.78, 5) is 111. The van der Waals surface area contributed by atoms with Crippen molar-refractivity contribution in [3.8, 4) is 22.3 Å². The number of hydrogen-bond acceptors (Lipinski definition) is 17. The summed E-state index contributed by atoms with van der Waals surface area (Å²) in [6.45, 7) is 19.7. The van der Waals surface area contributed by atoms with Gasteiger partial charge in [0.25, 0.3) is 11.8 Å². The number of nitrogens with one attached hydrogen (secondary N) is 5. The molecule has 2 saturated heterocycles. The van der Waals surface area contributed by atoms with Crippen LogP contribution < -0.4 is 31.1 Å². The molecule has 8 fully saturated rings. The van der Waals surface area contributed by atoms with Gasteiger partial charge in [0.05, 0.1) is 42.3 Å². The highest BCUT2D eigenvalue weighted by atomic mass is 32.2. The van der Waals surface area contributed by atoms with Crippen LogP contribution in [-0.2, 0) is 91.8 Å². The van der Waals surface area contributed by atoms with Gasteiger partial charge in [0.15, 0.2) is 0 Å². The molecule has 0 aromatic heterocycles. The lowest BCUT2D eigenvalue weighted by Crippen LogP contribution is -2.60. The third-order valence-electron chi connectivity index (χ3n) is 25.1. The summed E-state index contributed by atoms with van der Waals surface area (Å²) < 4.78 is 77.1. The Morgan fingerprint density at radius 3 is 1.33 bits per heavy atom. The van der Waals surface area contributed by atoms with Crippen molar-refractivity contribution in [2.24, 2.45) is 51.1 Å². The van der Waals surface area contributed by atoms with E-state index in [9.17, 15) is 60.3 Å². The zero-order chi connectivity index (χ0) is 81.8. The van der Waals surface area contributed by atoms with Crippen molar-refractivity contribution in [1.29, 1.82) is 0 Å². The van der Waals surface area contributed by atoms with E-state index >= 15 is 0 Å². The molecular weight excluding hydrogens is 1480 g/mol. The molecule has 4 aromatic carbocycles. The summed E-state index contributed by atoms with van der Waals surface area (Å²) >= 11 is 0. The molecule has 113 heavy (non-hydrogen) atoms. The number of rotatable bonds is 13. The summed E-state index contributed by atoms with van der Waals surface area (Å²) in [5, 5.41) is 17.8. The van der Waals surface area contributed by atoms with E-state index in [-0.39, 0.29) is 73.0 Å². The Labute approximate surface area is 666 Å². The van der Waals surface area contributed by atoms with Crippen molar-refractivity contribution >= 4 is 67.7 Å².